The molecule has 0 aliphatic rings. The summed E-state index contributed by atoms with van der Waals surface area (Å²) in [5.74, 6) is 1.28. The van der Waals surface area contributed by atoms with E-state index in [1.165, 1.54) is 22.7 Å². The number of methoxy groups -OCH3 is 1. The average molecular weight is 594 g/mol. The lowest BCUT2D eigenvalue weighted by Gasteiger charge is -2.19. The number of halogens is 2. The summed E-state index contributed by atoms with van der Waals surface area (Å²) in [7, 11) is 3.52. The van der Waals surface area contributed by atoms with Gasteiger partial charge >= 0.3 is 0 Å². The van der Waals surface area contributed by atoms with Crippen molar-refractivity contribution in [2.45, 2.75) is 19.4 Å². The molecule has 0 bridgehead atoms. The number of nitrogens with zero attached hydrogens (tertiary/aromatic N) is 2. The van der Waals surface area contributed by atoms with Gasteiger partial charge in [0.25, 0.3) is 0 Å². The second-order valence-electron chi connectivity index (χ2n) is 9.31. The molecule has 0 fully saturated rings. The maximum Gasteiger partial charge on any atom is 0.141 e. The molecule has 4 aromatic rings. The number of allylic oxidation sites excluding steroid dienone is 1. The van der Waals surface area contributed by atoms with E-state index in [0.717, 1.165) is 24.2 Å². The number of hydrogen-bond donors (Lipinski definition) is 2. The minimum atomic E-state index is -0.133. The molecule has 9 heteroatoms. The molecule has 0 saturated carbocycles. The van der Waals surface area contributed by atoms with Crippen molar-refractivity contribution in [2.75, 3.05) is 39.2 Å². The molecule has 0 aliphatic carbocycles. The van der Waals surface area contributed by atoms with Crippen LogP contribution in [0.25, 0.3) is 22.9 Å². The van der Waals surface area contributed by atoms with Crippen LogP contribution in [0.4, 0.5) is 11.5 Å². The molecule has 214 valence electrons. The zero-order valence-electron chi connectivity index (χ0n) is 23.4. The number of fused-ring (bicyclic) bond motifs is 1. The molecule has 1 atom stereocenters. The largest absolute Gasteiger partial charge is 0.501 e. The van der Waals surface area contributed by atoms with Gasteiger partial charge in [0.15, 0.2) is 0 Å². The smallest absolute Gasteiger partial charge is 0.141 e. The SMILES string of the molecule is CNCCOC(CO/C=C/c1ncnc(Nc2ccc(Cl)c(Cl)c2)c1/C=C(\C)OC)Cc1cccc2ccccc12. The van der Waals surface area contributed by atoms with Gasteiger partial charge in [-0.15, -0.1) is 0 Å². The number of anilines is 2. The van der Waals surface area contributed by atoms with Crippen LogP contribution in [0.5, 0.6) is 0 Å². The minimum absolute atomic E-state index is 0.133. The standard InChI is InChI=1S/C32H34Cl2N4O3/c1-22(39-3)17-28-31(36-21-37-32(28)38-25-11-12-29(33)30(34)19-25)13-15-40-20-26(41-16-14-35-2)18-24-9-6-8-23-7-4-5-10-27(23)24/h4-13,15,17,19,21,26,35H,14,16,18,20H2,1-3H3,(H,36,37,38)/b15-13+,22-17+. The third kappa shape index (κ3) is 8.68. The first-order chi connectivity index (χ1) is 20.0. The maximum absolute atomic E-state index is 6.21. The highest BCUT2D eigenvalue weighted by Gasteiger charge is 2.14. The summed E-state index contributed by atoms with van der Waals surface area (Å²) in [5, 5.41) is 9.78. The molecular weight excluding hydrogens is 559 g/mol. The van der Waals surface area contributed by atoms with Crippen molar-refractivity contribution in [3.05, 3.63) is 106 Å². The lowest BCUT2D eigenvalue weighted by molar-refractivity contribution is 0.0114. The predicted octanol–water partition coefficient (Wildman–Crippen LogP) is 7.52. The first-order valence-electron chi connectivity index (χ1n) is 13.3. The Balaban J connectivity index is 1.51. The van der Waals surface area contributed by atoms with E-state index < -0.39 is 0 Å². The highest BCUT2D eigenvalue weighted by atomic mass is 35.5. The number of hydrogen-bond acceptors (Lipinski definition) is 7. The molecule has 0 spiro atoms. The Morgan fingerprint density at radius 1 is 1.02 bits per heavy atom. The van der Waals surface area contributed by atoms with Crippen molar-refractivity contribution in [3.8, 4) is 0 Å². The molecule has 0 amide bonds. The number of likely N-dealkylation sites (N-methyl/N-ethyl adjacent to an activating group) is 1. The van der Waals surface area contributed by atoms with Crippen molar-refractivity contribution in [3.63, 3.8) is 0 Å². The van der Waals surface area contributed by atoms with Crippen molar-refractivity contribution in [2.24, 2.45) is 0 Å². The van der Waals surface area contributed by atoms with Gasteiger partial charge in [0.2, 0.25) is 0 Å². The van der Waals surface area contributed by atoms with Crippen molar-refractivity contribution < 1.29 is 14.2 Å². The van der Waals surface area contributed by atoms with Gasteiger partial charge in [-0.1, -0.05) is 65.7 Å². The van der Waals surface area contributed by atoms with Crippen LogP contribution in [0.2, 0.25) is 10.0 Å². The zero-order valence-corrected chi connectivity index (χ0v) is 24.9. The highest BCUT2D eigenvalue weighted by Crippen LogP contribution is 2.29. The normalized spacial score (nSPS) is 12.6. The minimum Gasteiger partial charge on any atom is -0.501 e. The second-order valence-corrected chi connectivity index (χ2v) is 10.1. The van der Waals surface area contributed by atoms with Gasteiger partial charge < -0.3 is 24.8 Å². The molecule has 0 aliphatic heterocycles. The summed E-state index contributed by atoms with van der Waals surface area (Å²) in [4.78, 5) is 8.92. The van der Waals surface area contributed by atoms with E-state index in [2.05, 4.69) is 63.1 Å². The van der Waals surface area contributed by atoms with E-state index >= 15 is 0 Å². The number of ether oxygens (including phenoxy) is 3. The highest BCUT2D eigenvalue weighted by molar-refractivity contribution is 6.42. The fourth-order valence-corrected chi connectivity index (χ4v) is 4.54. The Bertz CT molecular complexity index is 1500. The van der Waals surface area contributed by atoms with Gasteiger partial charge in [-0.3, -0.25) is 0 Å². The van der Waals surface area contributed by atoms with Gasteiger partial charge in [0.1, 0.15) is 18.8 Å². The lowest BCUT2D eigenvalue weighted by Crippen LogP contribution is -2.26. The van der Waals surface area contributed by atoms with Gasteiger partial charge in [0, 0.05) is 24.2 Å². The second kappa shape index (κ2) is 15.4. The Morgan fingerprint density at radius 3 is 2.66 bits per heavy atom. The number of aromatic nitrogens is 2. The van der Waals surface area contributed by atoms with E-state index in [1.807, 2.05) is 26.1 Å². The van der Waals surface area contributed by atoms with Crippen LogP contribution in [-0.2, 0) is 20.6 Å². The van der Waals surface area contributed by atoms with Gasteiger partial charge in [-0.2, -0.15) is 0 Å². The lowest BCUT2D eigenvalue weighted by atomic mass is 10.00. The summed E-state index contributed by atoms with van der Waals surface area (Å²) < 4.78 is 17.6. The Morgan fingerprint density at radius 2 is 1.85 bits per heavy atom. The molecular formula is C32H34Cl2N4O3. The van der Waals surface area contributed by atoms with E-state index in [0.29, 0.717) is 40.5 Å². The summed E-state index contributed by atoms with van der Waals surface area (Å²) in [6, 6.07) is 20.0. The third-order valence-electron chi connectivity index (χ3n) is 6.40. The molecule has 7 nitrogen and oxygen atoms in total. The van der Waals surface area contributed by atoms with Gasteiger partial charge in [0.05, 0.1) is 47.6 Å². The zero-order chi connectivity index (χ0) is 29.0. The van der Waals surface area contributed by atoms with Crippen LogP contribution in [-0.4, -0.2) is 50.0 Å². The van der Waals surface area contributed by atoms with E-state index in [9.17, 15) is 0 Å². The first-order valence-corrected chi connectivity index (χ1v) is 14.0. The number of benzene rings is 3. The maximum atomic E-state index is 6.21. The molecule has 3 aromatic carbocycles. The molecule has 1 unspecified atom stereocenters. The monoisotopic (exact) mass is 592 g/mol. The van der Waals surface area contributed by atoms with Crippen molar-refractivity contribution >= 4 is 57.6 Å². The molecule has 4 rings (SSSR count). The van der Waals surface area contributed by atoms with Crippen LogP contribution in [0, 0.1) is 0 Å². The molecule has 41 heavy (non-hydrogen) atoms. The van der Waals surface area contributed by atoms with E-state index in [4.69, 9.17) is 37.4 Å². The van der Waals surface area contributed by atoms with E-state index in [1.54, 1.807) is 31.6 Å². The third-order valence-corrected chi connectivity index (χ3v) is 7.14. The topological polar surface area (TPSA) is 77.5 Å². The summed E-state index contributed by atoms with van der Waals surface area (Å²) >= 11 is 12.3. The fraction of sp³-hybridized carbons (Fsp3) is 0.250. The first kappa shape index (κ1) is 30.3. The number of rotatable bonds is 14. The molecule has 0 radical (unpaired) electrons. The summed E-state index contributed by atoms with van der Waals surface area (Å²) in [6.45, 7) is 3.58. The molecule has 1 heterocycles. The van der Waals surface area contributed by atoms with Crippen LogP contribution < -0.4 is 10.6 Å². The Hall–Kier alpha value is -3.62. The van der Waals surface area contributed by atoms with Gasteiger partial charge in [-0.25, -0.2) is 9.97 Å². The number of nitrogens with one attached hydrogen (secondary N) is 2. The van der Waals surface area contributed by atoms with Crippen molar-refractivity contribution in [1.29, 1.82) is 0 Å². The van der Waals surface area contributed by atoms with Crippen LogP contribution in [0.3, 0.4) is 0 Å². The summed E-state index contributed by atoms with van der Waals surface area (Å²) in [5.41, 5.74) is 3.35. The van der Waals surface area contributed by atoms with Crippen LogP contribution in [0.15, 0.2) is 79.0 Å². The van der Waals surface area contributed by atoms with E-state index in [-0.39, 0.29) is 6.10 Å². The molecule has 0 saturated heterocycles. The van der Waals surface area contributed by atoms with Gasteiger partial charge in [-0.05, 0) is 60.7 Å². The van der Waals surface area contributed by atoms with Crippen LogP contribution >= 0.6 is 23.2 Å². The van der Waals surface area contributed by atoms with Crippen molar-refractivity contribution in [1.82, 2.24) is 15.3 Å². The molecule has 2 N–H and O–H groups in total. The Kier molecular flexibility index (Phi) is 11.4. The fourth-order valence-electron chi connectivity index (χ4n) is 4.24. The predicted molar refractivity (Wildman–Crippen MR) is 169 cm³/mol. The Labute approximate surface area is 251 Å². The average Bonchev–Trinajstić information content (AvgIpc) is 2.98. The quantitative estimate of drug-likeness (QED) is 0.116. The van der Waals surface area contributed by atoms with Crippen LogP contribution in [0.1, 0.15) is 23.7 Å². The molecule has 1 aromatic heterocycles. The summed E-state index contributed by atoms with van der Waals surface area (Å²) in [6.07, 6.45) is 7.39.